The van der Waals surface area contributed by atoms with Crippen molar-refractivity contribution >= 4 is 33.2 Å². The van der Waals surface area contributed by atoms with Gasteiger partial charge in [0.05, 0.1) is 6.54 Å². The summed E-state index contributed by atoms with van der Waals surface area (Å²) in [6, 6.07) is 25.0. The Morgan fingerprint density at radius 3 is 2.31 bits per heavy atom. The molecule has 3 rings (SSSR count). The van der Waals surface area contributed by atoms with Gasteiger partial charge in [0, 0.05) is 15.8 Å². The molecule has 5 heteroatoms. The highest BCUT2D eigenvalue weighted by Gasteiger charge is 2.04. The van der Waals surface area contributed by atoms with Crippen molar-refractivity contribution in [3.05, 3.63) is 88.9 Å². The van der Waals surface area contributed by atoms with Crippen LogP contribution >= 0.6 is 15.9 Å². The summed E-state index contributed by atoms with van der Waals surface area (Å²) in [6.07, 6.45) is 0. The maximum Gasteiger partial charge on any atom is 0.243 e. The fourth-order valence-electron chi connectivity index (χ4n) is 2.36. The van der Waals surface area contributed by atoms with Crippen molar-refractivity contribution in [3.63, 3.8) is 0 Å². The Bertz CT molecular complexity index is 851. The molecule has 0 atom stereocenters. The van der Waals surface area contributed by atoms with Crippen LogP contribution in [0.25, 0.3) is 0 Å². The smallest absolute Gasteiger partial charge is 0.243 e. The van der Waals surface area contributed by atoms with Crippen LogP contribution in [0.4, 0.5) is 11.4 Å². The molecule has 0 unspecified atom stereocenters. The lowest BCUT2D eigenvalue weighted by Crippen LogP contribution is -2.21. The predicted molar refractivity (Wildman–Crippen MR) is 108 cm³/mol. The molecule has 132 valence electrons. The molecule has 1 amide bonds. The van der Waals surface area contributed by atoms with Crippen LogP contribution in [0.5, 0.6) is 5.75 Å². The van der Waals surface area contributed by atoms with Crippen molar-refractivity contribution in [3.8, 4) is 5.75 Å². The van der Waals surface area contributed by atoms with Crippen LogP contribution in [0, 0.1) is 0 Å². The maximum absolute atomic E-state index is 12.1. The first-order chi connectivity index (χ1) is 12.7. The minimum atomic E-state index is -0.112. The van der Waals surface area contributed by atoms with Crippen LogP contribution in [0.15, 0.2) is 83.3 Å². The Hall–Kier alpha value is -2.79. The van der Waals surface area contributed by atoms with Gasteiger partial charge in [-0.3, -0.25) is 4.79 Å². The number of ether oxygens (including phenoxy) is 1. The van der Waals surface area contributed by atoms with Crippen molar-refractivity contribution in [2.24, 2.45) is 0 Å². The van der Waals surface area contributed by atoms with E-state index in [1.54, 1.807) is 0 Å². The second-order valence-electron chi connectivity index (χ2n) is 5.68. The Morgan fingerprint density at radius 1 is 0.885 bits per heavy atom. The standard InChI is InChI=1S/C21H19BrN2O2/c22-19-8-4-5-9-20(19)23-14-21(25)24-17-10-12-18(13-11-17)26-15-16-6-2-1-3-7-16/h1-13,23H,14-15H2,(H,24,25). The number of anilines is 2. The predicted octanol–water partition coefficient (Wildman–Crippen LogP) is 5.08. The lowest BCUT2D eigenvalue weighted by molar-refractivity contribution is -0.114. The van der Waals surface area contributed by atoms with Crippen molar-refractivity contribution in [1.82, 2.24) is 0 Å². The zero-order valence-electron chi connectivity index (χ0n) is 14.1. The van der Waals surface area contributed by atoms with Gasteiger partial charge >= 0.3 is 0 Å². The molecular formula is C21H19BrN2O2. The molecular weight excluding hydrogens is 392 g/mol. The highest BCUT2D eigenvalue weighted by molar-refractivity contribution is 9.10. The molecule has 0 saturated carbocycles. The highest BCUT2D eigenvalue weighted by atomic mass is 79.9. The quantitative estimate of drug-likeness (QED) is 0.570. The van der Waals surface area contributed by atoms with E-state index in [9.17, 15) is 4.79 Å². The average Bonchev–Trinajstić information content (AvgIpc) is 2.68. The van der Waals surface area contributed by atoms with Crippen LogP contribution in [0.1, 0.15) is 5.56 Å². The monoisotopic (exact) mass is 410 g/mol. The fraction of sp³-hybridized carbons (Fsp3) is 0.0952. The Labute approximate surface area is 161 Å². The molecule has 2 N–H and O–H groups in total. The van der Waals surface area contributed by atoms with E-state index in [0.29, 0.717) is 6.61 Å². The van der Waals surface area contributed by atoms with E-state index < -0.39 is 0 Å². The van der Waals surface area contributed by atoms with Crippen LogP contribution in [-0.2, 0) is 11.4 Å². The summed E-state index contributed by atoms with van der Waals surface area (Å²) >= 11 is 3.44. The van der Waals surface area contributed by atoms with Crippen LogP contribution in [-0.4, -0.2) is 12.5 Å². The second kappa shape index (κ2) is 9.06. The molecule has 0 spiro atoms. The zero-order valence-corrected chi connectivity index (χ0v) is 15.7. The lowest BCUT2D eigenvalue weighted by atomic mass is 10.2. The van der Waals surface area contributed by atoms with Crippen molar-refractivity contribution in [2.75, 3.05) is 17.2 Å². The first-order valence-corrected chi connectivity index (χ1v) is 9.05. The number of carbonyl (C=O) groups excluding carboxylic acids is 1. The van der Waals surface area contributed by atoms with Gasteiger partial charge in [-0.1, -0.05) is 42.5 Å². The molecule has 3 aromatic carbocycles. The van der Waals surface area contributed by atoms with E-state index in [-0.39, 0.29) is 12.5 Å². The molecule has 26 heavy (non-hydrogen) atoms. The SMILES string of the molecule is O=C(CNc1ccccc1Br)Nc1ccc(OCc2ccccc2)cc1. The van der Waals surface area contributed by atoms with E-state index in [0.717, 1.165) is 27.2 Å². The van der Waals surface area contributed by atoms with Crippen LogP contribution in [0.2, 0.25) is 0 Å². The number of nitrogens with one attached hydrogen (secondary N) is 2. The third-order valence-electron chi connectivity index (χ3n) is 3.70. The summed E-state index contributed by atoms with van der Waals surface area (Å²) in [5.41, 5.74) is 2.73. The van der Waals surface area contributed by atoms with Gasteiger partial charge in [-0.25, -0.2) is 0 Å². The second-order valence-corrected chi connectivity index (χ2v) is 6.53. The summed E-state index contributed by atoms with van der Waals surface area (Å²) in [4.78, 5) is 12.1. The van der Waals surface area contributed by atoms with E-state index in [4.69, 9.17) is 4.74 Å². The van der Waals surface area contributed by atoms with Gasteiger partial charge in [-0.05, 0) is 57.9 Å². The van der Waals surface area contributed by atoms with Gasteiger partial charge in [0.25, 0.3) is 0 Å². The zero-order chi connectivity index (χ0) is 18.2. The Kier molecular flexibility index (Phi) is 6.28. The van der Waals surface area contributed by atoms with E-state index >= 15 is 0 Å². The summed E-state index contributed by atoms with van der Waals surface area (Å²) in [5, 5.41) is 5.96. The lowest BCUT2D eigenvalue weighted by Gasteiger charge is -2.10. The molecule has 0 aliphatic heterocycles. The van der Waals surface area contributed by atoms with Gasteiger partial charge < -0.3 is 15.4 Å². The number of hydrogen-bond acceptors (Lipinski definition) is 3. The summed E-state index contributed by atoms with van der Waals surface area (Å²) in [6.45, 7) is 0.706. The average molecular weight is 411 g/mol. The Morgan fingerprint density at radius 2 is 1.58 bits per heavy atom. The summed E-state index contributed by atoms with van der Waals surface area (Å²) < 4.78 is 6.66. The third kappa shape index (κ3) is 5.36. The number of para-hydroxylation sites is 1. The molecule has 0 saturated heterocycles. The van der Waals surface area contributed by atoms with Crippen LogP contribution in [0.3, 0.4) is 0 Å². The summed E-state index contributed by atoms with van der Waals surface area (Å²) in [7, 11) is 0. The highest BCUT2D eigenvalue weighted by Crippen LogP contribution is 2.21. The molecule has 0 aliphatic carbocycles. The minimum Gasteiger partial charge on any atom is -0.489 e. The number of benzene rings is 3. The van der Waals surface area contributed by atoms with Gasteiger partial charge in [-0.2, -0.15) is 0 Å². The Balaban J connectivity index is 1.47. The number of halogens is 1. The van der Waals surface area contributed by atoms with Crippen LogP contribution < -0.4 is 15.4 Å². The van der Waals surface area contributed by atoms with Gasteiger partial charge in [0.1, 0.15) is 12.4 Å². The largest absolute Gasteiger partial charge is 0.489 e. The molecule has 3 aromatic rings. The van der Waals surface area contributed by atoms with Gasteiger partial charge in [0.15, 0.2) is 0 Å². The maximum atomic E-state index is 12.1. The van der Waals surface area contributed by atoms with E-state index in [2.05, 4.69) is 26.6 Å². The molecule has 0 bridgehead atoms. The summed E-state index contributed by atoms with van der Waals surface area (Å²) in [5.74, 6) is 0.650. The van der Waals surface area contributed by atoms with E-state index in [1.165, 1.54) is 0 Å². The molecule has 0 aliphatic rings. The molecule has 0 fully saturated rings. The number of rotatable bonds is 7. The normalized spacial score (nSPS) is 10.2. The molecule has 0 radical (unpaired) electrons. The number of amides is 1. The van der Waals surface area contributed by atoms with Gasteiger partial charge in [-0.15, -0.1) is 0 Å². The molecule has 0 heterocycles. The number of hydrogen-bond donors (Lipinski definition) is 2. The molecule has 0 aromatic heterocycles. The van der Waals surface area contributed by atoms with Crippen molar-refractivity contribution < 1.29 is 9.53 Å². The fourth-order valence-corrected chi connectivity index (χ4v) is 2.79. The van der Waals surface area contributed by atoms with E-state index in [1.807, 2.05) is 78.9 Å². The van der Waals surface area contributed by atoms with Crippen molar-refractivity contribution in [1.29, 1.82) is 0 Å². The van der Waals surface area contributed by atoms with Gasteiger partial charge in [0.2, 0.25) is 5.91 Å². The van der Waals surface area contributed by atoms with Crippen molar-refractivity contribution in [2.45, 2.75) is 6.61 Å². The molecule has 4 nitrogen and oxygen atoms in total. The first kappa shape index (κ1) is 18.0. The first-order valence-electron chi connectivity index (χ1n) is 8.26. The topological polar surface area (TPSA) is 50.4 Å². The minimum absolute atomic E-state index is 0.112. The number of carbonyl (C=O) groups is 1. The third-order valence-corrected chi connectivity index (χ3v) is 4.39.